The number of thioether (sulfide) groups is 1. The molecule has 0 aliphatic rings. The number of aliphatic hydroxyl groups is 1. The van der Waals surface area contributed by atoms with Gasteiger partial charge in [0, 0.05) is 16.7 Å². The van der Waals surface area contributed by atoms with Gasteiger partial charge in [-0.1, -0.05) is 19.1 Å². The van der Waals surface area contributed by atoms with Crippen LogP contribution in [-0.4, -0.2) is 16.5 Å². The van der Waals surface area contributed by atoms with E-state index in [1.165, 1.54) is 4.90 Å². The first-order valence-corrected chi connectivity index (χ1v) is 6.64. The normalized spacial score (nSPS) is 16.8. The third kappa shape index (κ3) is 4.16. The van der Waals surface area contributed by atoms with Gasteiger partial charge < -0.3 is 10.8 Å². The van der Waals surface area contributed by atoms with E-state index < -0.39 is 5.60 Å². The molecule has 1 aromatic rings. The van der Waals surface area contributed by atoms with Crippen LogP contribution in [0.4, 0.5) is 0 Å². The lowest BCUT2D eigenvalue weighted by Crippen LogP contribution is -2.25. The third-order valence-electron chi connectivity index (χ3n) is 2.70. The van der Waals surface area contributed by atoms with Gasteiger partial charge in [0.2, 0.25) is 0 Å². The topological polar surface area (TPSA) is 46.2 Å². The molecule has 2 nitrogen and oxygen atoms in total. The Kier molecular flexibility index (Phi) is 4.84. The number of rotatable bonds is 5. The van der Waals surface area contributed by atoms with E-state index in [0.29, 0.717) is 5.75 Å². The maximum absolute atomic E-state index is 9.92. The largest absolute Gasteiger partial charge is 0.389 e. The lowest BCUT2D eigenvalue weighted by atomic mass is 10.1. The van der Waals surface area contributed by atoms with Crippen LogP contribution in [0.15, 0.2) is 29.2 Å². The summed E-state index contributed by atoms with van der Waals surface area (Å²) in [4.78, 5) is 1.17. The highest BCUT2D eigenvalue weighted by Crippen LogP contribution is 2.26. The van der Waals surface area contributed by atoms with Gasteiger partial charge in [-0.25, -0.2) is 0 Å². The van der Waals surface area contributed by atoms with E-state index in [2.05, 4.69) is 12.1 Å². The van der Waals surface area contributed by atoms with Crippen molar-refractivity contribution >= 4 is 11.8 Å². The van der Waals surface area contributed by atoms with Crippen LogP contribution in [0.5, 0.6) is 0 Å². The zero-order valence-corrected chi connectivity index (χ0v) is 11.1. The summed E-state index contributed by atoms with van der Waals surface area (Å²) >= 11 is 1.68. The first-order chi connectivity index (χ1) is 7.44. The van der Waals surface area contributed by atoms with Crippen LogP contribution in [-0.2, 0) is 0 Å². The van der Waals surface area contributed by atoms with E-state index in [0.717, 1.165) is 12.0 Å². The second kappa shape index (κ2) is 5.71. The Morgan fingerprint density at radius 3 is 2.75 bits per heavy atom. The number of hydrogen-bond acceptors (Lipinski definition) is 3. The minimum atomic E-state index is -0.588. The number of benzene rings is 1. The highest BCUT2D eigenvalue weighted by molar-refractivity contribution is 7.99. The molecule has 1 aromatic carbocycles. The van der Waals surface area contributed by atoms with Crippen LogP contribution in [0.1, 0.15) is 38.8 Å². The molecule has 0 bridgehead atoms. The molecule has 0 saturated heterocycles. The highest BCUT2D eigenvalue weighted by atomic mass is 32.2. The molecule has 0 aromatic heterocycles. The van der Waals surface area contributed by atoms with Crippen LogP contribution >= 0.6 is 11.8 Å². The van der Waals surface area contributed by atoms with Crippen molar-refractivity contribution in [1.29, 1.82) is 0 Å². The van der Waals surface area contributed by atoms with Gasteiger partial charge in [0.15, 0.2) is 0 Å². The molecular weight excluding hydrogens is 218 g/mol. The average molecular weight is 239 g/mol. The molecule has 0 heterocycles. The monoisotopic (exact) mass is 239 g/mol. The summed E-state index contributed by atoms with van der Waals surface area (Å²) in [7, 11) is 0. The van der Waals surface area contributed by atoms with Crippen LogP contribution in [0.2, 0.25) is 0 Å². The lowest BCUT2D eigenvalue weighted by Gasteiger charge is -2.20. The summed E-state index contributed by atoms with van der Waals surface area (Å²) in [6.07, 6.45) is 0.771. The van der Waals surface area contributed by atoms with Crippen molar-refractivity contribution in [3.05, 3.63) is 29.8 Å². The predicted molar refractivity (Wildman–Crippen MR) is 70.7 cm³/mol. The summed E-state index contributed by atoms with van der Waals surface area (Å²) in [5.41, 5.74) is 6.38. The zero-order valence-electron chi connectivity index (χ0n) is 10.2. The average Bonchev–Trinajstić information content (AvgIpc) is 2.27. The molecule has 0 fully saturated rings. The summed E-state index contributed by atoms with van der Waals surface area (Å²) in [6, 6.07) is 8.27. The molecule has 2 atom stereocenters. The molecule has 0 aliphatic carbocycles. The predicted octanol–water partition coefficient (Wildman–Crippen LogP) is 2.96. The van der Waals surface area contributed by atoms with Crippen LogP contribution in [0.3, 0.4) is 0 Å². The lowest BCUT2D eigenvalue weighted by molar-refractivity contribution is 0.0816. The van der Waals surface area contributed by atoms with Crippen molar-refractivity contribution in [2.24, 2.45) is 5.73 Å². The minimum Gasteiger partial charge on any atom is -0.389 e. The fourth-order valence-corrected chi connectivity index (χ4v) is 2.30. The first kappa shape index (κ1) is 13.6. The second-order valence-corrected chi connectivity index (χ2v) is 5.55. The highest BCUT2D eigenvalue weighted by Gasteiger charge is 2.17. The molecular formula is C13H21NOS. The number of nitrogens with two attached hydrogens (primary N) is 1. The van der Waals surface area contributed by atoms with Crippen molar-refractivity contribution < 1.29 is 5.11 Å². The van der Waals surface area contributed by atoms with Crippen LogP contribution in [0, 0.1) is 0 Å². The quantitative estimate of drug-likeness (QED) is 0.777. The Morgan fingerprint density at radius 1 is 1.50 bits per heavy atom. The van der Waals surface area contributed by atoms with Crippen molar-refractivity contribution in [2.75, 3.05) is 5.75 Å². The summed E-state index contributed by atoms with van der Waals surface area (Å²) in [6.45, 7) is 5.85. The van der Waals surface area contributed by atoms with Gasteiger partial charge in [-0.2, -0.15) is 0 Å². The smallest absolute Gasteiger partial charge is 0.0710 e. The van der Waals surface area contributed by atoms with Crippen molar-refractivity contribution in [2.45, 2.75) is 43.7 Å². The maximum atomic E-state index is 9.92. The minimum absolute atomic E-state index is 0.0623. The SMILES string of the molecule is CCC(C)(O)CSc1cccc(C(C)N)c1. The van der Waals surface area contributed by atoms with Gasteiger partial charge in [0.05, 0.1) is 5.60 Å². The Morgan fingerprint density at radius 2 is 2.19 bits per heavy atom. The zero-order chi connectivity index (χ0) is 12.2. The van der Waals surface area contributed by atoms with E-state index in [1.807, 2.05) is 32.9 Å². The molecule has 0 saturated carbocycles. The summed E-state index contributed by atoms with van der Waals surface area (Å²) < 4.78 is 0. The molecule has 90 valence electrons. The Bertz CT molecular complexity index is 336. The molecule has 0 radical (unpaired) electrons. The molecule has 0 amide bonds. The van der Waals surface area contributed by atoms with Crippen LogP contribution in [0.25, 0.3) is 0 Å². The molecule has 0 aliphatic heterocycles. The molecule has 2 unspecified atom stereocenters. The van der Waals surface area contributed by atoms with Gasteiger partial charge in [-0.3, -0.25) is 0 Å². The Labute approximate surface area is 102 Å². The van der Waals surface area contributed by atoms with Crippen molar-refractivity contribution in [3.8, 4) is 0 Å². The van der Waals surface area contributed by atoms with Crippen molar-refractivity contribution in [3.63, 3.8) is 0 Å². The molecule has 1 rings (SSSR count). The van der Waals surface area contributed by atoms with E-state index in [1.54, 1.807) is 11.8 Å². The molecule has 3 N–H and O–H groups in total. The van der Waals surface area contributed by atoms with E-state index in [9.17, 15) is 5.11 Å². The fraction of sp³-hybridized carbons (Fsp3) is 0.538. The van der Waals surface area contributed by atoms with E-state index >= 15 is 0 Å². The Hall–Kier alpha value is -0.510. The van der Waals surface area contributed by atoms with Gasteiger partial charge in [0.25, 0.3) is 0 Å². The third-order valence-corrected chi connectivity index (χ3v) is 4.05. The van der Waals surface area contributed by atoms with E-state index in [-0.39, 0.29) is 6.04 Å². The Balaban J connectivity index is 2.64. The van der Waals surface area contributed by atoms with Gasteiger partial charge in [-0.15, -0.1) is 11.8 Å². The van der Waals surface area contributed by atoms with Crippen LogP contribution < -0.4 is 5.73 Å². The first-order valence-electron chi connectivity index (χ1n) is 5.65. The fourth-order valence-electron chi connectivity index (χ4n) is 1.23. The van der Waals surface area contributed by atoms with E-state index in [4.69, 9.17) is 5.73 Å². The maximum Gasteiger partial charge on any atom is 0.0710 e. The van der Waals surface area contributed by atoms with Gasteiger partial charge >= 0.3 is 0 Å². The number of hydrogen-bond donors (Lipinski definition) is 2. The summed E-state index contributed by atoms with van der Waals surface area (Å²) in [5, 5.41) is 9.92. The molecule has 3 heteroatoms. The molecule has 16 heavy (non-hydrogen) atoms. The molecule has 0 spiro atoms. The van der Waals surface area contributed by atoms with Crippen molar-refractivity contribution in [1.82, 2.24) is 0 Å². The van der Waals surface area contributed by atoms with Gasteiger partial charge in [0.1, 0.15) is 0 Å². The summed E-state index contributed by atoms with van der Waals surface area (Å²) in [5.74, 6) is 0.714. The second-order valence-electron chi connectivity index (χ2n) is 4.50. The van der Waals surface area contributed by atoms with Gasteiger partial charge in [-0.05, 0) is 38.0 Å². The standard InChI is InChI=1S/C13H21NOS/c1-4-13(3,15)9-16-12-7-5-6-11(8-12)10(2)14/h5-8,10,15H,4,9,14H2,1-3H3.